The van der Waals surface area contributed by atoms with Gasteiger partial charge >= 0.3 is 0 Å². The highest BCUT2D eigenvalue weighted by molar-refractivity contribution is 7.99. The van der Waals surface area contributed by atoms with E-state index in [9.17, 15) is 4.79 Å². The van der Waals surface area contributed by atoms with Gasteiger partial charge in [0.25, 0.3) is 0 Å². The first-order valence-electron chi connectivity index (χ1n) is 12.6. The van der Waals surface area contributed by atoms with E-state index in [0.717, 1.165) is 69.1 Å². The zero-order valence-corrected chi connectivity index (χ0v) is 21.3. The average Bonchev–Trinajstić information content (AvgIpc) is 3.52. The molecule has 8 nitrogen and oxygen atoms in total. The number of nitrogens with zero attached hydrogens (tertiary/aromatic N) is 5. The topological polar surface area (TPSA) is 75.5 Å². The van der Waals surface area contributed by atoms with Crippen molar-refractivity contribution in [2.75, 3.05) is 55.4 Å². The normalized spacial score (nSPS) is 18.9. The van der Waals surface area contributed by atoms with E-state index in [0.29, 0.717) is 12.3 Å². The van der Waals surface area contributed by atoms with Gasteiger partial charge in [-0.1, -0.05) is 36.9 Å². The highest BCUT2D eigenvalue weighted by atomic mass is 32.2. The van der Waals surface area contributed by atoms with Gasteiger partial charge in [-0.2, -0.15) is 0 Å². The van der Waals surface area contributed by atoms with Crippen LogP contribution < -0.4 is 15.1 Å². The summed E-state index contributed by atoms with van der Waals surface area (Å²) >= 11 is 1.47. The van der Waals surface area contributed by atoms with E-state index < -0.39 is 0 Å². The molecule has 2 saturated heterocycles. The Kier molecular flexibility index (Phi) is 9.10. The summed E-state index contributed by atoms with van der Waals surface area (Å²) in [5.74, 6) is 2.06. The van der Waals surface area contributed by atoms with Crippen molar-refractivity contribution in [2.24, 2.45) is 5.92 Å². The van der Waals surface area contributed by atoms with Crippen molar-refractivity contribution >= 4 is 29.3 Å². The van der Waals surface area contributed by atoms with Gasteiger partial charge in [-0.05, 0) is 50.2 Å². The molecule has 1 N–H and O–H groups in total. The molecule has 1 aromatic carbocycles. The molecule has 1 unspecified atom stereocenters. The molecular formula is C25H38N6O2S. The lowest BCUT2D eigenvalue weighted by Crippen LogP contribution is -2.35. The Bertz CT molecular complexity index is 894. The van der Waals surface area contributed by atoms with Crippen LogP contribution in [-0.4, -0.2) is 72.4 Å². The third-order valence-corrected chi connectivity index (χ3v) is 7.66. The van der Waals surface area contributed by atoms with E-state index in [1.165, 1.54) is 30.3 Å². The van der Waals surface area contributed by atoms with Crippen LogP contribution in [0.3, 0.4) is 0 Å². The second-order valence-electron chi connectivity index (χ2n) is 9.45. The molecule has 2 aromatic rings. The van der Waals surface area contributed by atoms with Crippen LogP contribution in [0, 0.1) is 5.92 Å². The molecule has 4 rings (SSSR count). The van der Waals surface area contributed by atoms with Crippen LogP contribution >= 0.6 is 11.8 Å². The summed E-state index contributed by atoms with van der Waals surface area (Å²) in [6, 6.07) is 10.3. The minimum absolute atomic E-state index is 0.0346. The summed E-state index contributed by atoms with van der Waals surface area (Å²) in [6.45, 7) is 7.47. The van der Waals surface area contributed by atoms with Gasteiger partial charge in [0.1, 0.15) is 0 Å². The fourth-order valence-corrected chi connectivity index (χ4v) is 5.29. The summed E-state index contributed by atoms with van der Waals surface area (Å²) in [5, 5.41) is 12.9. The second kappa shape index (κ2) is 12.4. The predicted molar refractivity (Wildman–Crippen MR) is 138 cm³/mol. The Morgan fingerprint density at radius 2 is 2.00 bits per heavy atom. The Hall–Kier alpha value is -2.26. The van der Waals surface area contributed by atoms with Crippen LogP contribution in [0.1, 0.15) is 39.0 Å². The van der Waals surface area contributed by atoms with E-state index >= 15 is 0 Å². The Morgan fingerprint density at radius 1 is 1.21 bits per heavy atom. The van der Waals surface area contributed by atoms with Gasteiger partial charge in [0.2, 0.25) is 11.9 Å². The molecule has 0 radical (unpaired) electrons. The third-order valence-electron chi connectivity index (χ3n) is 6.70. The van der Waals surface area contributed by atoms with Crippen molar-refractivity contribution in [3.05, 3.63) is 30.3 Å². The first-order valence-corrected chi connectivity index (χ1v) is 13.5. The fraction of sp³-hybridized carbons (Fsp3) is 0.640. The van der Waals surface area contributed by atoms with Gasteiger partial charge in [-0.25, -0.2) is 0 Å². The minimum atomic E-state index is 0.0346. The minimum Gasteiger partial charge on any atom is -0.376 e. The van der Waals surface area contributed by atoms with Crippen LogP contribution in [-0.2, 0) is 16.1 Å². The van der Waals surface area contributed by atoms with Crippen molar-refractivity contribution in [1.29, 1.82) is 0 Å². The number of piperidine rings is 1. The van der Waals surface area contributed by atoms with E-state index in [2.05, 4.69) is 56.0 Å². The maximum atomic E-state index is 12.5. The number of anilines is 2. The molecule has 2 aliphatic rings. The van der Waals surface area contributed by atoms with Crippen LogP contribution in [0.2, 0.25) is 0 Å². The number of thioether (sulfide) groups is 1. The quantitative estimate of drug-likeness (QED) is 0.385. The summed E-state index contributed by atoms with van der Waals surface area (Å²) in [4.78, 5) is 17.0. The van der Waals surface area contributed by atoms with Crippen molar-refractivity contribution in [3.63, 3.8) is 0 Å². The molecule has 0 spiro atoms. The number of hydrogen-bond acceptors (Lipinski definition) is 7. The zero-order chi connectivity index (χ0) is 23.8. The lowest BCUT2D eigenvalue weighted by Gasteiger charge is -2.31. The number of rotatable bonds is 11. The molecule has 1 amide bonds. The van der Waals surface area contributed by atoms with Gasteiger partial charge in [0, 0.05) is 45.5 Å². The maximum Gasteiger partial charge on any atom is 0.230 e. The molecule has 3 heterocycles. The molecule has 1 aromatic heterocycles. The number of carbonyl (C=O) groups excluding carboxylic acids is 1. The molecule has 34 heavy (non-hydrogen) atoms. The van der Waals surface area contributed by atoms with E-state index in [1.807, 2.05) is 18.2 Å². The summed E-state index contributed by atoms with van der Waals surface area (Å²) in [7, 11) is 2.08. The first-order chi connectivity index (χ1) is 16.6. The summed E-state index contributed by atoms with van der Waals surface area (Å²) in [6.07, 6.45) is 5.63. The first kappa shape index (κ1) is 24.9. The Labute approximate surface area is 207 Å². The Morgan fingerprint density at radius 3 is 2.74 bits per heavy atom. The van der Waals surface area contributed by atoms with Crippen molar-refractivity contribution in [3.8, 4) is 0 Å². The van der Waals surface area contributed by atoms with Gasteiger partial charge in [-0.3, -0.25) is 9.36 Å². The smallest absolute Gasteiger partial charge is 0.230 e. The summed E-state index contributed by atoms with van der Waals surface area (Å²) in [5.41, 5.74) is 1.19. The fourth-order valence-electron chi connectivity index (χ4n) is 4.52. The molecular weight excluding hydrogens is 448 g/mol. The van der Waals surface area contributed by atoms with Crippen LogP contribution in [0.5, 0.6) is 0 Å². The largest absolute Gasteiger partial charge is 0.376 e. The number of para-hydroxylation sites is 1. The van der Waals surface area contributed by atoms with E-state index in [1.54, 1.807) is 0 Å². The molecule has 2 aliphatic heterocycles. The van der Waals surface area contributed by atoms with Crippen molar-refractivity contribution in [1.82, 2.24) is 20.1 Å². The number of amides is 1. The number of ether oxygens (including phenoxy) is 1. The highest BCUT2D eigenvalue weighted by Crippen LogP contribution is 2.28. The number of carbonyl (C=O) groups is 1. The van der Waals surface area contributed by atoms with Crippen molar-refractivity contribution in [2.45, 2.75) is 56.8 Å². The van der Waals surface area contributed by atoms with Crippen molar-refractivity contribution < 1.29 is 9.53 Å². The monoisotopic (exact) mass is 486 g/mol. The van der Waals surface area contributed by atoms with E-state index in [-0.39, 0.29) is 12.0 Å². The highest BCUT2D eigenvalue weighted by Gasteiger charge is 2.26. The number of benzene rings is 1. The van der Waals surface area contributed by atoms with Gasteiger partial charge < -0.3 is 19.9 Å². The third kappa shape index (κ3) is 6.88. The zero-order valence-electron chi connectivity index (χ0n) is 20.5. The number of nitrogens with one attached hydrogen (secondary N) is 1. The Balaban J connectivity index is 1.27. The molecule has 0 bridgehead atoms. The maximum absolute atomic E-state index is 12.5. The van der Waals surface area contributed by atoms with Crippen LogP contribution in [0.25, 0.3) is 0 Å². The second-order valence-corrected chi connectivity index (χ2v) is 10.4. The average molecular weight is 487 g/mol. The summed E-state index contributed by atoms with van der Waals surface area (Å²) < 4.78 is 8.07. The molecule has 0 saturated carbocycles. The molecule has 0 aliphatic carbocycles. The van der Waals surface area contributed by atoms with Gasteiger partial charge in [-0.15, -0.1) is 10.2 Å². The van der Waals surface area contributed by atoms with Crippen LogP contribution in [0.15, 0.2) is 35.5 Å². The van der Waals surface area contributed by atoms with Crippen LogP contribution in [0.4, 0.5) is 11.6 Å². The SMILES string of the molecule is CC1CCN(c2nnc(SCC(=O)NCCCN(C)c3ccccc3)n2CC2CCCO2)CC1. The number of aromatic nitrogens is 3. The lowest BCUT2D eigenvalue weighted by atomic mass is 10.00. The predicted octanol–water partition coefficient (Wildman–Crippen LogP) is 3.43. The van der Waals surface area contributed by atoms with Gasteiger partial charge in [0.15, 0.2) is 5.16 Å². The molecule has 2 fully saturated rings. The lowest BCUT2D eigenvalue weighted by molar-refractivity contribution is -0.118. The molecule has 9 heteroatoms. The van der Waals surface area contributed by atoms with Gasteiger partial charge in [0.05, 0.1) is 18.4 Å². The molecule has 1 atom stereocenters. The van der Waals surface area contributed by atoms with E-state index in [4.69, 9.17) is 4.74 Å². The standard InChI is InChI=1S/C25H38N6O2S/c1-20-11-15-30(16-12-20)24-27-28-25(31(24)18-22-10-6-17-33-22)34-19-23(32)26-13-7-14-29(2)21-8-4-3-5-9-21/h3-5,8-9,20,22H,6-7,10-19H2,1-2H3,(H,26,32). The molecule has 186 valence electrons. The number of hydrogen-bond donors (Lipinski definition) is 1.